The molecular weight excluding hydrogens is 332 g/mol. The molecule has 0 aromatic carbocycles. The van der Waals surface area contributed by atoms with Crippen LogP contribution in [0.3, 0.4) is 0 Å². The van der Waals surface area contributed by atoms with Crippen molar-refractivity contribution in [3.05, 3.63) is 16.8 Å². The molecule has 2 aromatic heterocycles. The van der Waals surface area contributed by atoms with Crippen molar-refractivity contribution in [3.63, 3.8) is 0 Å². The Morgan fingerprint density at radius 1 is 1.24 bits per heavy atom. The fourth-order valence-electron chi connectivity index (χ4n) is 4.33. The molecule has 1 fully saturated rings. The zero-order chi connectivity index (χ0) is 17.6. The molecule has 1 aliphatic heterocycles. The van der Waals surface area contributed by atoms with Crippen molar-refractivity contribution < 1.29 is 5.11 Å². The number of β-amino-alcohol motifs (C(OH)–C–C–N with tert-alkyl or cyclic N) is 1. The summed E-state index contributed by atoms with van der Waals surface area (Å²) in [6, 6.07) is 0.383. The first kappa shape index (κ1) is 17.2. The van der Waals surface area contributed by atoms with Crippen LogP contribution in [-0.4, -0.2) is 57.8 Å². The van der Waals surface area contributed by atoms with Crippen LogP contribution in [0.25, 0.3) is 10.2 Å². The zero-order valence-electron chi connectivity index (χ0n) is 15.5. The Morgan fingerprint density at radius 3 is 2.80 bits per heavy atom. The summed E-state index contributed by atoms with van der Waals surface area (Å²) in [5.41, 5.74) is 0.865. The van der Waals surface area contributed by atoms with Gasteiger partial charge in [0.25, 0.3) is 0 Å². The maximum Gasteiger partial charge on any atom is 0.141 e. The number of aromatic nitrogens is 2. The van der Waals surface area contributed by atoms with Crippen LogP contribution < -0.4 is 4.90 Å². The summed E-state index contributed by atoms with van der Waals surface area (Å²) in [5.74, 6) is 1.12. The third-order valence-corrected chi connectivity index (χ3v) is 6.53. The Kier molecular flexibility index (Phi) is 4.46. The quantitative estimate of drug-likeness (QED) is 0.912. The lowest BCUT2D eigenvalue weighted by Crippen LogP contribution is -2.55. The Hall–Kier alpha value is -1.24. The van der Waals surface area contributed by atoms with Crippen LogP contribution in [-0.2, 0) is 12.8 Å². The monoisotopic (exact) mass is 360 g/mol. The largest absolute Gasteiger partial charge is 0.389 e. The third-order valence-electron chi connectivity index (χ3n) is 5.33. The lowest BCUT2D eigenvalue weighted by atomic mass is 9.96. The first-order chi connectivity index (χ1) is 11.9. The van der Waals surface area contributed by atoms with Crippen LogP contribution in [0.5, 0.6) is 0 Å². The second kappa shape index (κ2) is 6.49. The predicted molar refractivity (Wildman–Crippen MR) is 104 cm³/mol. The van der Waals surface area contributed by atoms with Gasteiger partial charge >= 0.3 is 0 Å². The molecule has 2 aromatic rings. The van der Waals surface area contributed by atoms with Gasteiger partial charge in [-0.2, -0.15) is 0 Å². The molecule has 0 bridgehead atoms. The van der Waals surface area contributed by atoms with Gasteiger partial charge in [0.15, 0.2) is 0 Å². The molecule has 0 saturated carbocycles. The van der Waals surface area contributed by atoms with E-state index in [0.29, 0.717) is 6.04 Å². The van der Waals surface area contributed by atoms with Crippen LogP contribution in [0, 0.1) is 0 Å². The zero-order valence-corrected chi connectivity index (χ0v) is 16.3. The number of aliphatic hydroxyl groups is 1. The smallest absolute Gasteiger partial charge is 0.141 e. The minimum Gasteiger partial charge on any atom is -0.389 e. The van der Waals surface area contributed by atoms with Crippen molar-refractivity contribution in [2.24, 2.45) is 0 Å². The molecule has 1 atom stereocenters. The number of aryl methyl sites for hydroxylation is 2. The van der Waals surface area contributed by atoms with Gasteiger partial charge in [0.2, 0.25) is 0 Å². The van der Waals surface area contributed by atoms with E-state index in [-0.39, 0.29) is 0 Å². The van der Waals surface area contributed by atoms with Crippen LogP contribution in [0.1, 0.15) is 44.1 Å². The standard InChI is InChI=1S/C19H28N4OS/c1-13-10-22(11-19(2,3)24)8-9-23(13)17-16-14-6-4-5-7-15(14)25-18(16)21-12-20-17/h12-13,24H,4-11H2,1-3H3. The summed E-state index contributed by atoms with van der Waals surface area (Å²) < 4.78 is 0. The van der Waals surface area contributed by atoms with Crippen LogP contribution >= 0.6 is 11.3 Å². The van der Waals surface area contributed by atoms with E-state index >= 15 is 0 Å². The SMILES string of the molecule is CC1CN(CC(C)(C)O)CCN1c1ncnc2sc3c(c12)CCCC3. The van der Waals surface area contributed by atoms with Crippen molar-refractivity contribution in [1.82, 2.24) is 14.9 Å². The van der Waals surface area contributed by atoms with Gasteiger partial charge in [-0.1, -0.05) is 0 Å². The van der Waals surface area contributed by atoms with E-state index in [1.807, 2.05) is 25.2 Å². The molecule has 1 N–H and O–H groups in total. The van der Waals surface area contributed by atoms with Gasteiger partial charge < -0.3 is 10.0 Å². The van der Waals surface area contributed by atoms with Gasteiger partial charge in [0.1, 0.15) is 17.0 Å². The predicted octanol–water partition coefficient (Wildman–Crippen LogP) is 2.85. The van der Waals surface area contributed by atoms with Crippen LogP contribution in [0.15, 0.2) is 6.33 Å². The first-order valence-corrected chi connectivity index (χ1v) is 10.2. The van der Waals surface area contributed by atoms with Gasteiger partial charge in [-0.05, 0) is 52.0 Å². The molecule has 6 heteroatoms. The molecule has 25 heavy (non-hydrogen) atoms. The maximum absolute atomic E-state index is 10.1. The number of rotatable bonds is 3. The first-order valence-electron chi connectivity index (χ1n) is 9.39. The summed E-state index contributed by atoms with van der Waals surface area (Å²) in [6.45, 7) is 9.63. The van der Waals surface area contributed by atoms with Gasteiger partial charge in [-0.3, -0.25) is 4.90 Å². The van der Waals surface area contributed by atoms with Crippen molar-refractivity contribution >= 4 is 27.4 Å². The molecule has 4 rings (SSSR count). The Labute approximate surface area is 153 Å². The van der Waals surface area contributed by atoms with Gasteiger partial charge in [0, 0.05) is 37.1 Å². The minimum absolute atomic E-state index is 0.383. The summed E-state index contributed by atoms with van der Waals surface area (Å²) in [4.78, 5) is 16.8. The molecule has 0 radical (unpaired) electrons. The molecule has 1 aliphatic carbocycles. The average Bonchev–Trinajstić information content (AvgIpc) is 2.92. The van der Waals surface area contributed by atoms with Gasteiger partial charge in [-0.15, -0.1) is 11.3 Å². The number of piperazine rings is 1. The van der Waals surface area contributed by atoms with Crippen LogP contribution in [0.4, 0.5) is 5.82 Å². The number of anilines is 1. The summed E-state index contributed by atoms with van der Waals surface area (Å²) in [7, 11) is 0. The second-order valence-corrected chi connectivity index (χ2v) is 9.26. The highest BCUT2D eigenvalue weighted by atomic mass is 32.1. The van der Waals surface area contributed by atoms with Gasteiger partial charge in [-0.25, -0.2) is 9.97 Å². The van der Waals surface area contributed by atoms with Crippen molar-refractivity contribution in [3.8, 4) is 0 Å². The molecule has 2 aliphatic rings. The highest BCUT2D eigenvalue weighted by molar-refractivity contribution is 7.19. The van der Waals surface area contributed by atoms with Crippen LogP contribution in [0.2, 0.25) is 0 Å². The summed E-state index contributed by atoms with van der Waals surface area (Å²) in [6.07, 6.45) is 6.68. The normalized spacial score (nSPS) is 22.4. The van der Waals surface area contributed by atoms with E-state index in [9.17, 15) is 5.11 Å². The highest BCUT2D eigenvalue weighted by Crippen LogP contribution is 2.40. The molecule has 5 nitrogen and oxygen atoms in total. The molecule has 1 saturated heterocycles. The second-order valence-electron chi connectivity index (χ2n) is 8.18. The Bertz CT molecular complexity index is 767. The Morgan fingerprint density at radius 2 is 2.04 bits per heavy atom. The van der Waals surface area contributed by atoms with E-state index < -0.39 is 5.60 Å². The lowest BCUT2D eigenvalue weighted by Gasteiger charge is -2.42. The summed E-state index contributed by atoms with van der Waals surface area (Å²) in [5, 5.41) is 11.4. The van der Waals surface area contributed by atoms with E-state index in [4.69, 9.17) is 4.98 Å². The number of hydrogen-bond donors (Lipinski definition) is 1. The molecule has 0 amide bonds. The van der Waals surface area contributed by atoms with Gasteiger partial charge in [0.05, 0.1) is 11.0 Å². The topological polar surface area (TPSA) is 52.5 Å². The maximum atomic E-state index is 10.1. The van der Waals surface area contributed by atoms with E-state index in [0.717, 1.165) is 36.8 Å². The number of thiophene rings is 1. The van der Waals surface area contributed by atoms with E-state index in [2.05, 4.69) is 21.7 Å². The number of hydrogen-bond acceptors (Lipinski definition) is 6. The van der Waals surface area contributed by atoms with E-state index in [1.165, 1.54) is 41.5 Å². The number of nitrogens with zero attached hydrogens (tertiary/aromatic N) is 4. The number of fused-ring (bicyclic) bond motifs is 3. The van der Waals surface area contributed by atoms with Crippen molar-refractivity contribution in [2.45, 2.75) is 58.1 Å². The molecule has 136 valence electrons. The molecular formula is C19H28N4OS. The molecule has 0 spiro atoms. The minimum atomic E-state index is -0.642. The lowest BCUT2D eigenvalue weighted by molar-refractivity contribution is 0.0307. The molecule has 3 heterocycles. The summed E-state index contributed by atoms with van der Waals surface area (Å²) >= 11 is 1.87. The Balaban J connectivity index is 1.63. The fourth-order valence-corrected chi connectivity index (χ4v) is 5.55. The van der Waals surface area contributed by atoms with E-state index in [1.54, 1.807) is 6.33 Å². The fraction of sp³-hybridized carbons (Fsp3) is 0.684. The highest BCUT2D eigenvalue weighted by Gasteiger charge is 2.30. The third kappa shape index (κ3) is 3.39. The van der Waals surface area contributed by atoms with Crippen molar-refractivity contribution in [1.29, 1.82) is 0 Å². The molecule has 1 unspecified atom stereocenters. The average molecular weight is 361 g/mol. The van der Waals surface area contributed by atoms with Crippen molar-refractivity contribution in [2.75, 3.05) is 31.1 Å².